The van der Waals surface area contributed by atoms with E-state index in [4.69, 9.17) is 0 Å². The van der Waals surface area contributed by atoms with Crippen molar-refractivity contribution in [3.05, 3.63) is 30.3 Å². The Bertz CT molecular complexity index is 381. The van der Waals surface area contributed by atoms with E-state index in [9.17, 15) is 9.90 Å². The Labute approximate surface area is 109 Å². The van der Waals surface area contributed by atoms with Crippen LogP contribution in [0.1, 0.15) is 20.3 Å². The first-order chi connectivity index (χ1) is 8.49. The molecule has 0 aliphatic carbocycles. The lowest BCUT2D eigenvalue weighted by atomic mass is 10.0. The first-order valence-corrected chi connectivity index (χ1v) is 6.24. The average molecular weight is 250 g/mol. The molecule has 2 N–H and O–H groups in total. The van der Waals surface area contributed by atoms with Crippen molar-refractivity contribution in [3.63, 3.8) is 0 Å². The van der Waals surface area contributed by atoms with Gasteiger partial charge in [0, 0.05) is 19.3 Å². The minimum Gasteiger partial charge on any atom is -0.480 e. The smallest absolute Gasteiger partial charge is 0.325 e. The fourth-order valence-corrected chi connectivity index (χ4v) is 1.85. The zero-order chi connectivity index (χ0) is 13.6. The maximum atomic E-state index is 11.4. The highest BCUT2D eigenvalue weighted by atomic mass is 16.4. The van der Waals surface area contributed by atoms with E-state index in [0.717, 1.165) is 12.1 Å². The lowest BCUT2D eigenvalue weighted by Crippen LogP contribution is -2.56. The van der Waals surface area contributed by atoms with Crippen molar-refractivity contribution in [3.8, 4) is 0 Å². The van der Waals surface area contributed by atoms with E-state index in [1.165, 1.54) is 0 Å². The summed E-state index contributed by atoms with van der Waals surface area (Å²) in [6, 6.07) is 9.79. The van der Waals surface area contributed by atoms with Gasteiger partial charge in [0.25, 0.3) is 0 Å². The van der Waals surface area contributed by atoms with E-state index in [-0.39, 0.29) is 0 Å². The van der Waals surface area contributed by atoms with Gasteiger partial charge in [-0.25, -0.2) is 0 Å². The van der Waals surface area contributed by atoms with Crippen LogP contribution in [0.5, 0.6) is 0 Å². The fraction of sp³-hybridized carbons (Fsp3) is 0.500. The molecular formula is C14H22N2O2. The molecule has 0 aliphatic heterocycles. The number of rotatable bonds is 7. The van der Waals surface area contributed by atoms with Crippen LogP contribution in [0.2, 0.25) is 0 Å². The van der Waals surface area contributed by atoms with Crippen molar-refractivity contribution in [1.82, 2.24) is 5.32 Å². The van der Waals surface area contributed by atoms with Crippen LogP contribution in [0.4, 0.5) is 5.69 Å². The summed E-state index contributed by atoms with van der Waals surface area (Å²) in [7, 11) is 1.91. The Kier molecular flexibility index (Phi) is 5.16. The molecular weight excluding hydrogens is 228 g/mol. The molecule has 0 saturated heterocycles. The van der Waals surface area contributed by atoms with Crippen molar-refractivity contribution in [2.75, 3.05) is 25.0 Å². The zero-order valence-corrected chi connectivity index (χ0v) is 11.3. The topological polar surface area (TPSA) is 52.6 Å². The first-order valence-electron chi connectivity index (χ1n) is 6.24. The number of carbonyl (C=O) groups is 1. The van der Waals surface area contributed by atoms with Gasteiger partial charge in [0.1, 0.15) is 5.54 Å². The number of nitrogens with one attached hydrogen (secondary N) is 1. The quantitative estimate of drug-likeness (QED) is 0.777. The second-order valence-electron chi connectivity index (χ2n) is 4.76. The maximum absolute atomic E-state index is 11.4. The zero-order valence-electron chi connectivity index (χ0n) is 11.3. The van der Waals surface area contributed by atoms with Gasteiger partial charge in [0.2, 0.25) is 0 Å². The van der Waals surface area contributed by atoms with Crippen molar-refractivity contribution in [2.45, 2.75) is 25.8 Å². The van der Waals surface area contributed by atoms with E-state index in [2.05, 4.69) is 5.32 Å². The molecule has 0 spiro atoms. The number of carboxylic acids is 1. The Morgan fingerprint density at radius 1 is 1.39 bits per heavy atom. The molecule has 0 radical (unpaired) electrons. The minimum absolute atomic E-state index is 0.423. The Hall–Kier alpha value is -1.55. The molecule has 18 heavy (non-hydrogen) atoms. The van der Waals surface area contributed by atoms with Crippen molar-refractivity contribution < 1.29 is 9.90 Å². The van der Waals surface area contributed by atoms with E-state index in [0.29, 0.717) is 13.1 Å². The standard InChI is InChI=1S/C14H22N2O2/c1-4-10-15-14(2,13(17)18)11-16(3)12-8-6-5-7-9-12/h5-9,15H,4,10-11H2,1-3H3,(H,17,18). The van der Waals surface area contributed by atoms with E-state index >= 15 is 0 Å². The number of anilines is 1. The van der Waals surface area contributed by atoms with Crippen LogP contribution in [0.15, 0.2) is 30.3 Å². The van der Waals surface area contributed by atoms with Crippen LogP contribution in [0, 0.1) is 0 Å². The summed E-state index contributed by atoms with van der Waals surface area (Å²) in [5.41, 5.74) is 0.0870. The monoisotopic (exact) mass is 250 g/mol. The van der Waals surface area contributed by atoms with Crippen molar-refractivity contribution in [2.24, 2.45) is 0 Å². The molecule has 0 aliphatic rings. The lowest BCUT2D eigenvalue weighted by Gasteiger charge is -2.32. The van der Waals surface area contributed by atoms with Crippen LogP contribution in [-0.2, 0) is 4.79 Å². The van der Waals surface area contributed by atoms with Crippen LogP contribution < -0.4 is 10.2 Å². The van der Waals surface area contributed by atoms with Gasteiger partial charge in [-0.2, -0.15) is 0 Å². The summed E-state index contributed by atoms with van der Waals surface area (Å²) in [5.74, 6) is -0.821. The lowest BCUT2D eigenvalue weighted by molar-refractivity contribution is -0.143. The number of nitrogens with zero attached hydrogens (tertiary/aromatic N) is 1. The molecule has 4 heteroatoms. The highest BCUT2D eigenvalue weighted by molar-refractivity contribution is 5.79. The van der Waals surface area contributed by atoms with Crippen LogP contribution >= 0.6 is 0 Å². The molecule has 100 valence electrons. The number of para-hydroxylation sites is 1. The molecule has 1 aromatic rings. The highest BCUT2D eigenvalue weighted by Crippen LogP contribution is 2.15. The predicted molar refractivity (Wildman–Crippen MR) is 74.0 cm³/mol. The summed E-state index contributed by atoms with van der Waals surface area (Å²) >= 11 is 0. The van der Waals surface area contributed by atoms with Gasteiger partial charge in [-0.15, -0.1) is 0 Å². The number of aliphatic carboxylic acids is 1. The van der Waals surface area contributed by atoms with Crippen molar-refractivity contribution in [1.29, 1.82) is 0 Å². The van der Waals surface area contributed by atoms with Crippen LogP contribution in [0.25, 0.3) is 0 Å². The van der Waals surface area contributed by atoms with Gasteiger partial charge in [0.15, 0.2) is 0 Å². The van der Waals surface area contributed by atoms with E-state index < -0.39 is 11.5 Å². The third-order valence-corrected chi connectivity index (χ3v) is 2.99. The molecule has 0 heterocycles. The second kappa shape index (κ2) is 6.40. The third-order valence-electron chi connectivity index (χ3n) is 2.99. The largest absolute Gasteiger partial charge is 0.480 e. The average Bonchev–Trinajstić information content (AvgIpc) is 2.37. The molecule has 1 atom stereocenters. The molecule has 4 nitrogen and oxygen atoms in total. The second-order valence-corrected chi connectivity index (χ2v) is 4.76. The fourth-order valence-electron chi connectivity index (χ4n) is 1.85. The Morgan fingerprint density at radius 2 is 2.00 bits per heavy atom. The SMILES string of the molecule is CCCNC(C)(CN(C)c1ccccc1)C(=O)O. The van der Waals surface area contributed by atoms with Crippen LogP contribution in [-0.4, -0.2) is 36.8 Å². The summed E-state index contributed by atoms with van der Waals surface area (Å²) in [4.78, 5) is 13.4. The third kappa shape index (κ3) is 3.74. The number of likely N-dealkylation sites (N-methyl/N-ethyl adjacent to an activating group) is 1. The molecule has 0 fully saturated rings. The van der Waals surface area contributed by atoms with Gasteiger partial charge < -0.3 is 15.3 Å². The summed E-state index contributed by atoms with van der Waals surface area (Å²) in [5, 5.41) is 12.5. The molecule has 0 bridgehead atoms. The summed E-state index contributed by atoms with van der Waals surface area (Å²) in [6.45, 7) is 4.87. The van der Waals surface area contributed by atoms with Crippen LogP contribution in [0.3, 0.4) is 0 Å². The number of hydrogen-bond acceptors (Lipinski definition) is 3. The van der Waals surface area contributed by atoms with Gasteiger partial charge in [-0.05, 0) is 32.0 Å². The first kappa shape index (κ1) is 14.5. The molecule has 1 aromatic carbocycles. The summed E-state index contributed by atoms with van der Waals surface area (Å²) in [6.07, 6.45) is 0.915. The Balaban J connectivity index is 2.75. The molecule has 0 aromatic heterocycles. The van der Waals surface area contributed by atoms with E-state index in [1.807, 2.05) is 49.2 Å². The van der Waals surface area contributed by atoms with Gasteiger partial charge >= 0.3 is 5.97 Å². The van der Waals surface area contributed by atoms with E-state index in [1.54, 1.807) is 6.92 Å². The molecule has 0 amide bonds. The molecule has 0 saturated carbocycles. The van der Waals surface area contributed by atoms with Crippen molar-refractivity contribution >= 4 is 11.7 Å². The molecule has 1 rings (SSSR count). The highest BCUT2D eigenvalue weighted by Gasteiger charge is 2.33. The predicted octanol–water partition coefficient (Wildman–Crippen LogP) is 1.97. The maximum Gasteiger partial charge on any atom is 0.325 e. The van der Waals surface area contributed by atoms with Gasteiger partial charge in [-0.1, -0.05) is 25.1 Å². The van der Waals surface area contributed by atoms with Gasteiger partial charge in [-0.3, -0.25) is 4.79 Å². The number of hydrogen-bond donors (Lipinski definition) is 2. The number of carboxylic acid groups (broad SMARTS) is 1. The normalized spacial score (nSPS) is 13.9. The number of benzene rings is 1. The Morgan fingerprint density at radius 3 is 2.50 bits per heavy atom. The summed E-state index contributed by atoms with van der Waals surface area (Å²) < 4.78 is 0. The van der Waals surface area contributed by atoms with Gasteiger partial charge in [0.05, 0.1) is 0 Å². The molecule has 1 unspecified atom stereocenters. The minimum atomic E-state index is -0.930.